The Morgan fingerprint density at radius 3 is 3.06 bits per heavy atom. The molecule has 0 fully saturated rings. The Balaban J connectivity index is 2.77. The highest BCUT2D eigenvalue weighted by atomic mass is 19.1. The van der Waals surface area contributed by atoms with Gasteiger partial charge in [-0.25, -0.2) is 4.39 Å². The second-order valence-corrected chi connectivity index (χ2v) is 3.03. The van der Waals surface area contributed by atoms with Crippen molar-refractivity contribution in [2.75, 3.05) is 20.2 Å². The van der Waals surface area contributed by atoms with Crippen LogP contribution < -0.4 is 10.1 Å². The summed E-state index contributed by atoms with van der Waals surface area (Å²) in [6.45, 7) is 0.249. The highest BCUT2D eigenvalue weighted by Gasteiger charge is 2.16. The summed E-state index contributed by atoms with van der Waals surface area (Å²) in [5.74, 6) is -1.11. The number of carbonyl (C=O) groups is 1. The van der Waals surface area contributed by atoms with Crippen LogP contribution in [0.25, 0.3) is 10.4 Å². The molecule has 1 aromatic carbocycles. The highest BCUT2D eigenvalue weighted by Crippen LogP contribution is 2.20. The van der Waals surface area contributed by atoms with Crippen molar-refractivity contribution in [2.45, 2.75) is 0 Å². The van der Waals surface area contributed by atoms with Gasteiger partial charge in [-0.05, 0) is 17.7 Å². The summed E-state index contributed by atoms with van der Waals surface area (Å²) >= 11 is 0. The predicted molar refractivity (Wildman–Crippen MR) is 59.3 cm³/mol. The van der Waals surface area contributed by atoms with Crippen molar-refractivity contribution in [3.8, 4) is 5.75 Å². The Kier molecular flexibility index (Phi) is 4.77. The maximum atomic E-state index is 13.4. The van der Waals surface area contributed by atoms with Gasteiger partial charge in [0.2, 0.25) is 0 Å². The standard InChI is InChI=1S/C10H11FN4O2/c1-17-8-4-2-3-7(11)9(8)10(16)13-5-6-14-15-12/h2-4H,5-6H2,1H3,(H,13,16). The minimum Gasteiger partial charge on any atom is -0.496 e. The normalized spacial score (nSPS) is 9.29. The first kappa shape index (κ1) is 12.8. The van der Waals surface area contributed by atoms with Crippen LogP contribution in [0.15, 0.2) is 23.3 Å². The number of ether oxygens (including phenoxy) is 1. The molecule has 0 atom stereocenters. The number of nitrogens with one attached hydrogen (secondary N) is 1. The number of carbonyl (C=O) groups excluding carboxylic acids is 1. The molecule has 0 aliphatic rings. The fourth-order valence-electron chi connectivity index (χ4n) is 1.25. The summed E-state index contributed by atoms with van der Waals surface area (Å²) in [4.78, 5) is 14.2. The molecule has 0 saturated heterocycles. The first-order valence-electron chi connectivity index (χ1n) is 4.82. The van der Waals surface area contributed by atoms with Crippen LogP contribution in [0.5, 0.6) is 5.75 Å². The molecule has 0 aliphatic carbocycles. The van der Waals surface area contributed by atoms with E-state index in [0.29, 0.717) is 0 Å². The third-order valence-corrected chi connectivity index (χ3v) is 1.98. The molecule has 0 spiro atoms. The fraction of sp³-hybridized carbons (Fsp3) is 0.300. The predicted octanol–water partition coefficient (Wildman–Crippen LogP) is 1.87. The number of nitrogens with zero attached hydrogens (tertiary/aromatic N) is 3. The lowest BCUT2D eigenvalue weighted by Crippen LogP contribution is -2.27. The molecule has 0 radical (unpaired) electrons. The van der Waals surface area contributed by atoms with Gasteiger partial charge in [0.05, 0.1) is 7.11 Å². The Morgan fingerprint density at radius 2 is 2.41 bits per heavy atom. The molecule has 0 bridgehead atoms. The molecule has 6 nitrogen and oxygen atoms in total. The first-order chi connectivity index (χ1) is 8.20. The molecule has 7 heteroatoms. The Bertz CT molecular complexity index is 458. The van der Waals surface area contributed by atoms with E-state index in [9.17, 15) is 9.18 Å². The maximum absolute atomic E-state index is 13.4. The van der Waals surface area contributed by atoms with Crippen LogP contribution in [-0.2, 0) is 0 Å². The van der Waals surface area contributed by atoms with Gasteiger partial charge in [-0.15, -0.1) is 0 Å². The largest absolute Gasteiger partial charge is 0.496 e. The number of hydrogen-bond donors (Lipinski definition) is 1. The van der Waals surface area contributed by atoms with Gasteiger partial charge >= 0.3 is 0 Å². The van der Waals surface area contributed by atoms with Gasteiger partial charge in [0.15, 0.2) is 0 Å². The summed E-state index contributed by atoms with van der Waals surface area (Å²) in [5, 5.41) is 5.67. The second kappa shape index (κ2) is 6.34. The molecule has 0 unspecified atom stereocenters. The van der Waals surface area contributed by atoms with Crippen LogP contribution in [0.3, 0.4) is 0 Å². The smallest absolute Gasteiger partial charge is 0.258 e. The van der Waals surface area contributed by atoms with Gasteiger partial charge in [-0.2, -0.15) is 0 Å². The van der Waals surface area contributed by atoms with Crippen molar-refractivity contribution in [3.63, 3.8) is 0 Å². The monoisotopic (exact) mass is 238 g/mol. The third-order valence-electron chi connectivity index (χ3n) is 1.98. The van der Waals surface area contributed by atoms with Crippen molar-refractivity contribution < 1.29 is 13.9 Å². The van der Waals surface area contributed by atoms with E-state index in [-0.39, 0.29) is 24.4 Å². The Morgan fingerprint density at radius 1 is 1.65 bits per heavy atom. The minimum atomic E-state index is -0.661. The number of amides is 1. The van der Waals surface area contributed by atoms with E-state index in [1.165, 1.54) is 25.3 Å². The molecule has 1 aromatic rings. The molecular formula is C10H11FN4O2. The van der Waals surface area contributed by atoms with Crippen LogP contribution in [0, 0.1) is 5.82 Å². The molecule has 0 saturated carbocycles. The molecular weight excluding hydrogens is 227 g/mol. The maximum Gasteiger partial charge on any atom is 0.258 e. The van der Waals surface area contributed by atoms with Crippen molar-refractivity contribution in [2.24, 2.45) is 5.11 Å². The highest BCUT2D eigenvalue weighted by molar-refractivity contribution is 5.97. The van der Waals surface area contributed by atoms with Crippen LogP contribution in [0.1, 0.15) is 10.4 Å². The molecule has 17 heavy (non-hydrogen) atoms. The van der Waals surface area contributed by atoms with Gasteiger partial charge in [0.25, 0.3) is 5.91 Å². The van der Waals surface area contributed by atoms with Crippen LogP contribution in [0.2, 0.25) is 0 Å². The zero-order valence-corrected chi connectivity index (χ0v) is 9.18. The lowest BCUT2D eigenvalue weighted by Gasteiger charge is -2.09. The zero-order valence-electron chi connectivity index (χ0n) is 9.18. The average molecular weight is 238 g/mol. The number of rotatable bonds is 5. The van der Waals surface area contributed by atoms with Crippen molar-refractivity contribution in [3.05, 3.63) is 40.0 Å². The van der Waals surface area contributed by atoms with Crippen molar-refractivity contribution in [1.82, 2.24) is 5.32 Å². The summed E-state index contributed by atoms with van der Waals surface area (Å²) in [5.41, 5.74) is 7.88. The van der Waals surface area contributed by atoms with Gasteiger partial charge in [-0.3, -0.25) is 4.79 Å². The molecule has 1 rings (SSSR count). The van der Waals surface area contributed by atoms with Crippen LogP contribution in [0.4, 0.5) is 4.39 Å². The van der Waals surface area contributed by atoms with Gasteiger partial charge < -0.3 is 10.1 Å². The topological polar surface area (TPSA) is 87.1 Å². The first-order valence-corrected chi connectivity index (χ1v) is 4.82. The summed E-state index contributed by atoms with van der Waals surface area (Å²) in [7, 11) is 1.35. The zero-order chi connectivity index (χ0) is 12.7. The fourth-order valence-corrected chi connectivity index (χ4v) is 1.25. The number of azide groups is 1. The van der Waals surface area contributed by atoms with E-state index in [1.807, 2.05) is 0 Å². The van der Waals surface area contributed by atoms with Crippen molar-refractivity contribution >= 4 is 5.91 Å². The molecule has 0 aliphatic heterocycles. The Labute approximate surface area is 97.0 Å². The number of halogens is 1. The second-order valence-electron chi connectivity index (χ2n) is 3.03. The van der Waals surface area contributed by atoms with Gasteiger partial charge in [-0.1, -0.05) is 11.2 Å². The SMILES string of the molecule is COc1cccc(F)c1C(=O)NCCN=[N+]=[N-]. The molecule has 1 amide bonds. The van der Waals surface area contributed by atoms with E-state index in [2.05, 4.69) is 15.3 Å². The van der Waals surface area contributed by atoms with E-state index in [4.69, 9.17) is 10.3 Å². The van der Waals surface area contributed by atoms with E-state index < -0.39 is 11.7 Å². The van der Waals surface area contributed by atoms with Crippen molar-refractivity contribution in [1.29, 1.82) is 0 Å². The van der Waals surface area contributed by atoms with Gasteiger partial charge in [0, 0.05) is 18.0 Å². The van der Waals surface area contributed by atoms with Crippen LogP contribution >= 0.6 is 0 Å². The third kappa shape index (κ3) is 3.35. The summed E-state index contributed by atoms with van der Waals surface area (Å²) < 4.78 is 18.3. The van der Waals surface area contributed by atoms with E-state index in [1.54, 1.807) is 0 Å². The molecule has 1 N–H and O–H groups in total. The lowest BCUT2D eigenvalue weighted by atomic mass is 10.1. The number of benzene rings is 1. The number of hydrogen-bond acceptors (Lipinski definition) is 3. The summed E-state index contributed by atoms with van der Waals surface area (Å²) in [6.07, 6.45) is 0. The number of methoxy groups -OCH3 is 1. The van der Waals surface area contributed by atoms with E-state index in [0.717, 1.165) is 0 Å². The Hall–Kier alpha value is -2.27. The summed E-state index contributed by atoms with van der Waals surface area (Å²) in [6, 6.07) is 4.11. The van der Waals surface area contributed by atoms with Crippen LogP contribution in [-0.4, -0.2) is 26.1 Å². The average Bonchev–Trinajstić information content (AvgIpc) is 2.34. The molecule has 0 heterocycles. The molecule has 0 aromatic heterocycles. The van der Waals surface area contributed by atoms with Gasteiger partial charge in [0.1, 0.15) is 17.1 Å². The lowest BCUT2D eigenvalue weighted by molar-refractivity contribution is 0.0947. The molecule has 90 valence electrons. The van der Waals surface area contributed by atoms with E-state index >= 15 is 0 Å². The minimum absolute atomic E-state index is 0.110. The quantitative estimate of drug-likeness (QED) is 0.367.